The van der Waals surface area contributed by atoms with Gasteiger partial charge in [0.25, 0.3) is 0 Å². The summed E-state index contributed by atoms with van der Waals surface area (Å²) in [7, 11) is 1.63. The van der Waals surface area contributed by atoms with Gasteiger partial charge in [-0.1, -0.05) is 15.9 Å². The van der Waals surface area contributed by atoms with Crippen LogP contribution < -0.4 is 4.74 Å². The third-order valence-electron chi connectivity index (χ3n) is 3.10. The van der Waals surface area contributed by atoms with Gasteiger partial charge in [0.15, 0.2) is 0 Å². The van der Waals surface area contributed by atoms with Crippen molar-refractivity contribution >= 4 is 15.9 Å². The smallest absolute Gasteiger partial charge is 0.119 e. The lowest BCUT2D eigenvalue weighted by molar-refractivity contribution is 0.177. The Bertz CT molecular complexity index is 572. The van der Waals surface area contributed by atoms with Crippen LogP contribution >= 0.6 is 15.9 Å². The van der Waals surface area contributed by atoms with E-state index >= 15 is 0 Å². The van der Waals surface area contributed by atoms with Crippen molar-refractivity contribution in [3.05, 3.63) is 57.8 Å². The molecule has 0 aliphatic rings. The molecule has 0 saturated heterocycles. The van der Waals surface area contributed by atoms with Crippen LogP contribution in [0.5, 0.6) is 5.75 Å². The maximum absolute atomic E-state index is 10.3. The van der Waals surface area contributed by atoms with Crippen LogP contribution in [0, 0.1) is 6.92 Å². The summed E-state index contributed by atoms with van der Waals surface area (Å²) < 4.78 is 6.17. The van der Waals surface area contributed by atoms with E-state index in [0.717, 1.165) is 26.9 Å². The second kappa shape index (κ2) is 6.17. The average molecular weight is 322 g/mol. The monoisotopic (exact) mass is 321 g/mol. The number of nitrogens with zero attached hydrogens (tertiary/aromatic N) is 1. The van der Waals surface area contributed by atoms with Gasteiger partial charge in [-0.25, -0.2) is 0 Å². The van der Waals surface area contributed by atoms with Crippen LogP contribution in [0.2, 0.25) is 0 Å². The van der Waals surface area contributed by atoms with Gasteiger partial charge >= 0.3 is 0 Å². The third kappa shape index (κ3) is 3.33. The van der Waals surface area contributed by atoms with Crippen molar-refractivity contribution in [2.45, 2.75) is 19.4 Å². The summed E-state index contributed by atoms with van der Waals surface area (Å²) >= 11 is 3.50. The molecule has 0 fully saturated rings. The predicted molar refractivity (Wildman–Crippen MR) is 78.3 cm³/mol. The lowest BCUT2D eigenvalue weighted by Crippen LogP contribution is -2.05. The summed E-state index contributed by atoms with van der Waals surface area (Å²) in [6.07, 6.45) is 3.39. The molecule has 0 bridgehead atoms. The molecule has 0 spiro atoms. The Morgan fingerprint density at radius 3 is 2.84 bits per heavy atom. The van der Waals surface area contributed by atoms with Crippen LogP contribution in [-0.2, 0) is 6.42 Å². The fourth-order valence-corrected chi connectivity index (χ4v) is 2.39. The zero-order valence-corrected chi connectivity index (χ0v) is 12.5. The molecule has 1 aromatic heterocycles. The summed E-state index contributed by atoms with van der Waals surface area (Å²) in [5.41, 5.74) is 2.91. The average Bonchev–Trinajstić information content (AvgIpc) is 2.41. The molecule has 100 valence electrons. The second-order valence-electron chi connectivity index (χ2n) is 4.41. The first-order valence-corrected chi connectivity index (χ1v) is 6.82. The molecule has 4 heteroatoms. The van der Waals surface area contributed by atoms with Crippen molar-refractivity contribution in [1.82, 2.24) is 4.98 Å². The number of aromatic nitrogens is 1. The second-order valence-corrected chi connectivity index (χ2v) is 5.26. The maximum atomic E-state index is 10.3. The van der Waals surface area contributed by atoms with Crippen molar-refractivity contribution in [2.24, 2.45) is 0 Å². The Labute approximate surface area is 121 Å². The van der Waals surface area contributed by atoms with E-state index in [1.165, 1.54) is 0 Å². The number of rotatable bonds is 4. The minimum atomic E-state index is -0.572. The summed E-state index contributed by atoms with van der Waals surface area (Å²) in [5.74, 6) is 0.785. The molecule has 0 saturated carbocycles. The minimum absolute atomic E-state index is 0.518. The zero-order valence-electron chi connectivity index (χ0n) is 10.9. The Balaban J connectivity index is 2.24. The van der Waals surface area contributed by atoms with Gasteiger partial charge in [-0.2, -0.15) is 0 Å². The first-order chi connectivity index (χ1) is 9.11. The van der Waals surface area contributed by atoms with Gasteiger partial charge in [0.05, 0.1) is 13.2 Å². The molecule has 1 N–H and O–H groups in total. The molecule has 1 aromatic carbocycles. The molecule has 1 atom stereocenters. The molecule has 0 amide bonds. The lowest BCUT2D eigenvalue weighted by atomic mass is 9.99. The highest BCUT2D eigenvalue weighted by Gasteiger charge is 2.13. The fraction of sp³-hybridized carbons (Fsp3) is 0.267. The maximum Gasteiger partial charge on any atom is 0.119 e. The zero-order chi connectivity index (χ0) is 13.8. The molecule has 0 aliphatic heterocycles. The van der Waals surface area contributed by atoms with Crippen molar-refractivity contribution < 1.29 is 9.84 Å². The standard InChI is InChI=1S/C15H16BrNO2/c1-10-5-6-17-9-13(10)15(18)8-11-7-12(19-2)3-4-14(11)16/h3-7,9,15,18H,8H2,1-2H3. The number of ether oxygens (including phenoxy) is 1. The van der Waals surface area contributed by atoms with Gasteiger partial charge in [0.1, 0.15) is 5.75 Å². The van der Waals surface area contributed by atoms with Crippen LogP contribution in [0.15, 0.2) is 41.1 Å². The van der Waals surface area contributed by atoms with Crippen molar-refractivity contribution in [2.75, 3.05) is 7.11 Å². The molecular formula is C15H16BrNO2. The molecule has 0 radical (unpaired) electrons. The number of hydrogen-bond donors (Lipinski definition) is 1. The number of aliphatic hydroxyl groups excluding tert-OH is 1. The number of aliphatic hydroxyl groups is 1. The number of pyridine rings is 1. The van der Waals surface area contributed by atoms with E-state index in [1.807, 2.05) is 31.2 Å². The van der Waals surface area contributed by atoms with Crippen LogP contribution in [0.4, 0.5) is 0 Å². The number of benzene rings is 1. The highest BCUT2D eigenvalue weighted by molar-refractivity contribution is 9.10. The molecule has 19 heavy (non-hydrogen) atoms. The molecule has 2 aromatic rings. The number of hydrogen-bond acceptors (Lipinski definition) is 3. The van der Waals surface area contributed by atoms with Gasteiger partial charge < -0.3 is 9.84 Å². The molecule has 2 rings (SSSR count). The van der Waals surface area contributed by atoms with E-state index in [-0.39, 0.29) is 0 Å². The normalized spacial score (nSPS) is 12.2. The summed E-state index contributed by atoms with van der Waals surface area (Å²) in [6.45, 7) is 1.97. The van der Waals surface area contributed by atoms with E-state index in [0.29, 0.717) is 6.42 Å². The van der Waals surface area contributed by atoms with E-state index in [1.54, 1.807) is 19.5 Å². The Hall–Kier alpha value is -1.39. The molecular weight excluding hydrogens is 306 g/mol. The third-order valence-corrected chi connectivity index (χ3v) is 3.88. The predicted octanol–water partition coefficient (Wildman–Crippen LogP) is 3.44. The van der Waals surface area contributed by atoms with Gasteiger partial charge in [-0.3, -0.25) is 4.98 Å². The molecule has 1 heterocycles. The van der Waals surface area contributed by atoms with Crippen molar-refractivity contribution in [1.29, 1.82) is 0 Å². The Morgan fingerprint density at radius 1 is 1.37 bits per heavy atom. The van der Waals surface area contributed by atoms with Gasteiger partial charge in [0, 0.05) is 28.9 Å². The highest BCUT2D eigenvalue weighted by atomic mass is 79.9. The van der Waals surface area contributed by atoms with E-state index in [4.69, 9.17) is 4.74 Å². The van der Waals surface area contributed by atoms with E-state index < -0.39 is 6.10 Å². The van der Waals surface area contributed by atoms with E-state index in [2.05, 4.69) is 20.9 Å². The minimum Gasteiger partial charge on any atom is -0.497 e. The first kappa shape index (κ1) is 14.0. The highest BCUT2D eigenvalue weighted by Crippen LogP contribution is 2.28. The Kier molecular flexibility index (Phi) is 4.56. The first-order valence-electron chi connectivity index (χ1n) is 6.03. The summed E-state index contributed by atoms with van der Waals surface area (Å²) in [6, 6.07) is 7.64. The van der Waals surface area contributed by atoms with Crippen LogP contribution in [0.25, 0.3) is 0 Å². The van der Waals surface area contributed by atoms with Gasteiger partial charge in [0.2, 0.25) is 0 Å². The fourth-order valence-electron chi connectivity index (χ4n) is 1.98. The largest absolute Gasteiger partial charge is 0.497 e. The van der Waals surface area contributed by atoms with E-state index in [9.17, 15) is 5.11 Å². The topological polar surface area (TPSA) is 42.4 Å². The molecule has 3 nitrogen and oxygen atoms in total. The lowest BCUT2D eigenvalue weighted by Gasteiger charge is -2.14. The summed E-state index contributed by atoms with van der Waals surface area (Å²) in [5, 5.41) is 10.3. The molecule has 1 unspecified atom stereocenters. The van der Waals surface area contributed by atoms with Crippen LogP contribution in [0.1, 0.15) is 22.8 Å². The number of methoxy groups -OCH3 is 1. The quantitative estimate of drug-likeness (QED) is 0.938. The SMILES string of the molecule is COc1ccc(Br)c(CC(O)c2cnccc2C)c1. The van der Waals surface area contributed by atoms with Crippen LogP contribution in [-0.4, -0.2) is 17.2 Å². The molecule has 0 aliphatic carbocycles. The van der Waals surface area contributed by atoms with Crippen LogP contribution in [0.3, 0.4) is 0 Å². The van der Waals surface area contributed by atoms with Gasteiger partial charge in [-0.05, 0) is 42.3 Å². The van der Waals surface area contributed by atoms with Gasteiger partial charge in [-0.15, -0.1) is 0 Å². The summed E-state index contributed by atoms with van der Waals surface area (Å²) in [4.78, 5) is 4.07. The number of halogens is 1. The van der Waals surface area contributed by atoms with Crippen molar-refractivity contribution in [3.63, 3.8) is 0 Å². The number of aryl methyl sites for hydroxylation is 1. The van der Waals surface area contributed by atoms with Crippen molar-refractivity contribution in [3.8, 4) is 5.75 Å². The Morgan fingerprint density at radius 2 is 2.16 bits per heavy atom.